The van der Waals surface area contributed by atoms with E-state index >= 15 is 0 Å². The summed E-state index contributed by atoms with van der Waals surface area (Å²) < 4.78 is 9.62. The van der Waals surface area contributed by atoms with Crippen LogP contribution in [0, 0.1) is 12.8 Å². The Kier molecular flexibility index (Phi) is 4.49. The van der Waals surface area contributed by atoms with Crippen LogP contribution in [0.5, 0.6) is 0 Å². The largest absolute Gasteiger partial charge is 0.469 e. The van der Waals surface area contributed by atoms with E-state index in [1.165, 1.54) is 7.11 Å². The molecule has 0 amide bonds. The molecule has 0 aliphatic carbocycles. The Morgan fingerprint density at radius 2 is 2.31 bits per heavy atom. The van der Waals surface area contributed by atoms with Gasteiger partial charge in [-0.25, -0.2) is 0 Å². The molecular formula is C11H18N2O3. The number of esters is 1. The van der Waals surface area contributed by atoms with Gasteiger partial charge >= 0.3 is 5.97 Å². The number of carbonyl (C=O) groups is 1. The summed E-state index contributed by atoms with van der Waals surface area (Å²) in [6, 6.07) is 1.90. The summed E-state index contributed by atoms with van der Waals surface area (Å²) in [6.07, 6.45) is 0. The Balaban J connectivity index is 2.40. The Bertz CT molecular complexity index is 349. The van der Waals surface area contributed by atoms with E-state index < -0.39 is 0 Å². The second-order valence-corrected chi connectivity index (χ2v) is 3.91. The molecule has 1 aromatic rings. The van der Waals surface area contributed by atoms with Crippen molar-refractivity contribution >= 4 is 5.97 Å². The Morgan fingerprint density at radius 3 is 2.81 bits per heavy atom. The van der Waals surface area contributed by atoms with Crippen LogP contribution in [0.2, 0.25) is 0 Å². The monoisotopic (exact) mass is 226 g/mol. The number of hydrogen-bond acceptors (Lipinski definition) is 5. The van der Waals surface area contributed by atoms with Crippen LogP contribution >= 0.6 is 0 Å². The molecule has 5 nitrogen and oxygen atoms in total. The minimum Gasteiger partial charge on any atom is -0.469 e. The van der Waals surface area contributed by atoms with Crippen LogP contribution < -0.4 is 5.32 Å². The predicted molar refractivity (Wildman–Crippen MR) is 58.7 cm³/mol. The summed E-state index contributed by atoms with van der Waals surface area (Å²) in [5.74, 6) is 0.389. The summed E-state index contributed by atoms with van der Waals surface area (Å²) in [7, 11) is 1.40. The fourth-order valence-electron chi connectivity index (χ4n) is 1.33. The average Bonchev–Trinajstić information content (AvgIpc) is 2.69. The number of carbonyl (C=O) groups excluding carboxylic acids is 1. The van der Waals surface area contributed by atoms with E-state index in [-0.39, 0.29) is 17.9 Å². The highest BCUT2D eigenvalue weighted by Crippen LogP contribution is 2.06. The first kappa shape index (κ1) is 12.7. The van der Waals surface area contributed by atoms with Crippen molar-refractivity contribution < 1.29 is 14.1 Å². The minimum absolute atomic E-state index is 0.0319. The smallest absolute Gasteiger partial charge is 0.309 e. The fourth-order valence-corrected chi connectivity index (χ4v) is 1.33. The lowest BCUT2D eigenvalue weighted by atomic mass is 10.0. The summed E-state index contributed by atoms with van der Waals surface area (Å²) in [6.45, 7) is 6.20. The van der Waals surface area contributed by atoms with Crippen molar-refractivity contribution in [2.24, 2.45) is 5.92 Å². The molecule has 0 saturated carbocycles. The Labute approximate surface area is 95.1 Å². The van der Waals surface area contributed by atoms with Gasteiger partial charge in [-0.1, -0.05) is 12.1 Å². The van der Waals surface area contributed by atoms with Crippen molar-refractivity contribution in [1.29, 1.82) is 0 Å². The summed E-state index contributed by atoms with van der Waals surface area (Å²) in [4.78, 5) is 11.3. The van der Waals surface area contributed by atoms with Crippen molar-refractivity contribution in [2.75, 3.05) is 7.11 Å². The first-order chi connectivity index (χ1) is 7.54. The van der Waals surface area contributed by atoms with E-state index in [2.05, 4.69) is 15.2 Å². The Hall–Kier alpha value is -1.36. The van der Waals surface area contributed by atoms with Crippen molar-refractivity contribution in [3.8, 4) is 0 Å². The normalized spacial score (nSPS) is 14.5. The molecule has 1 aromatic heterocycles. The maximum atomic E-state index is 11.3. The van der Waals surface area contributed by atoms with E-state index in [1.807, 2.05) is 26.8 Å². The molecule has 0 aromatic carbocycles. The van der Waals surface area contributed by atoms with E-state index in [1.54, 1.807) is 0 Å². The molecule has 1 N–H and O–H groups in total. The third kappa shape index (κ3) is 3.34. The van der Waals surface area contributed by atoms with Gasteiger partial charge in [-0.3, -0.25) is 4.79 Å². The van der Waals surface area contributed by atoms with Gasteiger partial charge in [0.15, 0.2) is 0 Å². The second kappa shape index (κ2) is 5.65. The number of nitrogens with one attached hydrogen (secondary N) is 1. The van der Waals surface area contributed by atoms with Gasteiger partial charge in [0.05, 0.1) is 18.7 Å². The van der Waals surface area contributed by atoms with Crippen LogP contribution in [-0.2, 0) is 16.1 Å². The third-order valence-electron chi connectivity index (χ3n) is 2.60. The number of rotatable bonds is 5. The van der Waals surface area contributed by atoms with Gasteiger partial charge in [0.1, 0.15) is 5.76 Å². The van der Waals surface area contributed by atoms with Crippen LogP contribution in [0.1, 0.15) is 25.3 Å². The number of ether oxygens (including phenoxy) is 1. The number of aromatic nitrogens is 1. The molecule has 2 unspecified atom stereocenters. The lowest BCUT2D eigenvalue weighted by molar-refractivity contribution is -0.145. The molecule has 5 heteroatoms. The molecule has 90 valence electrons. The van der Waals surface area contributed by atoms with Crippen molar-refractivity contribution in [3.05, 3.63) is 17.5 Å². The molecule has 1 heterocycles. The Morgan fingerprint density at radius 1 is 1.62 bits per heavy atom. The maximum absolute atomic E-state index is 11.3. The van der Waals surface area contributed by atoms with Gasteiger partial charge in [-0.15, -0.1) is 0 Å². The SMILES string of the molecule is COC(=O)C(C)C(C)NCc1cc(C)on1. The van der Waals surface area contributed by atoms with Gasteiger partial charge < -0.3 is 14.6 Å². The van der Waals surface area contributed by atoms with Crippen molar-refractivity contribution in [3.63, 3.8) is 0 Å². The maximum Gasteiger partial charge on any atom is 0.309 e. The van der Waals surface area contributed by atoms with Crippen LogP contribution in [0.3, 0.4) is 0 Å². The van der Waals surface area contributed by atoms with E-state index in [0.717, 1.165) is 11.5 Å². The van der Waals surface area contributed by atoms with Crippen LogP contribution in [0.25, 0.3) is 0 Å². The van der Waals surface area contributed by atoms with Gasteiger partial charge in [0.2, 0.25) is 0 Å². The number of hydrogen-bond donors (Lipinski definition) is 1. The molecule has 16 heavy (non-hydrogen) atoms. The zero-order valence-corrected chi connectivity index (χ0v) is 10.1. The van der Waals surface area contributed by atoms with E-state index in [9.17, 15) is 4.79 Å². The molecule has 1 rings (SSSR count). The zero-order chi connectivity index (χ0) is 12.1. The molecule has 0 spiro atoms. The molecule has 0 bridgehead atoms. The van der Waals surface area contributed by atoms with Gasteiger partial charge in [0.25, 0.3) is 0 Å². The first-order valence-corrected chi connectivity index (χ1v) is 5.28. The van der Waals surface area contributed by atoms with Crippen LogP contribution in [0.15, 0.2) is 10.6 Å². The lowest BCUT2D eigenvalue weighted by Gasteiger charge is -2.18. The zero-order valence-electron chi connectivity index (χ0n) is 10.1. The van der Waals surface area contributed by atoms with E-state index in [4.69, 9.17) is 4.52 Å². The quantitative estimate of drug-likeness (QED) is 0.766. The van der Waals surface area contributed by atoms with Gasteiger partial charge in [0, 0.05) is 18.7 Å². The van der Waals surface area contributed by atoms with Crippen LogP contribution in [0.4, 0.5) is 0 Å². The third-order valence-corrected chi connectivity index (χ3v) is 2.60. The second-order valence-electron chi connectivity index (χ2n) is 3.91. The molecule has 2 atom stereocenters. The van der Waals surface area contributed by atoms with Crippen molar-refractivity contribution in [1.82, 2.24) is 10.5 Å². The van der Waals surface area contributed by atoms with Gasteiger partial charge in [-0.2, -0.15) is 0 Å². The highest BCUT2D eigenvalue weighted by atomic mass is 16.5. The number of aryl methyl sites for hydroxylation is 1. The van der Waals surface area contributed by atoms with Crippen molar-refractivity contribution in [2.45, 2.75) is 33.4 Å². The number of methoxy groups -OCH3 is 1. The summed E-state index contributed by atoms with van der Waals surface area (Å²) in [5.41, 5.74) is 0.835. The first-order valence-electron chi connectivity index (χ1n) is 5.28. The van der Waals surface area contributed by atoms with Gasteiger partial charge in [-0.05, 0) is 13.8 Å². The molecule has 0 aliphatic rings. The molecule has 0 fully saturated rings. The lowest BCUT2D eigenvalue weighted by Crippen LogP contribution is -2.36. The highest BCUT2D eigenvalue weighted by Gasteiger charge is 2.20. The van der Waals surface area contributed by atoms with E-state index in [0.29, 0.717) is 6.54 Å². The topological polar surface area (TPSA) is 64.4 Å². The average molecular weight is 226 g/mol. The molecule has 0 aliphatic heterocycles. The minimum atomic E-state index is -0.212. The predicted octanol–water partition coefficient (Wildman–Crippen LogP) is 1.27. The highest BCUT2D eigenvalue weighted by molar-refractivity contribution is 5.72. The molecule has 0 radical (unpaired) electrons. The molecule has 0 saturated heterocycles. The number of nitrogens with zero attached hydrogens (tertiary/aromatic N) is 1. The standard InChI is InChI=1S/C11H18N2O3/c1-7-5-10(13-16-7)6-12-9(3)8(2)11(14)15-4/h5,8-9,12H,6H2,1-4H3. The summed E-state index contributed by atoms with van der Waals surface area (Å²) in [5, 5.41) is 7.06. The van der Waals surface area contributed by atoms with Crippen LogP contribution in [-0.4, -0.2) is 24.3 Å². The summed E-state index contributed by atoms with van der Waals surface area (Å²) >= 11 is 0. The fraction of sp³-hybridized carbons (Fsp3) is 0.636. The molecular weight excluding hydrogens is 208 g/mol.